The van der Waals surface area contributed by atoms with Gasteiger partial charge in [0, 0.05) is 62.3 Å². The van der Waals surface area contributed by atoms with Crippen LogP contribution in [-0.2, 0) is 10.8 Å². The van der Waals surface area contributed by atoms with E-state index in [0.717, 1.165) is 89.0 Å². The van der Waals surface area contributed by atoms with Crippen molar-refractivity contribution in [3.05, 3.63) is 373 Å². The first-order valence-corrected chi connectivity index (χ1v) is 54.1. The van der Waals surface area contributed by atoms with E-state index in [4.69, 9.17) is 24.9 Å². The minimum atomic E-state index is 0.0823. The van der Waals surface area contributed by atoms with E-state index >= 15 is 0 Å². The van der Waals surface area contributed by atoms with Crippen LogP contribution in [0, 0.1) is 96.9 Å². The van der Waals surface area contributed by atoms with Crippen LogP contribution in [0.25, 0.3) is 123 Å². The fourth-order valence-electron chi connectivity index (χ4n) is 20.2. The Balaban J connectivity index is 0.000000123. The molecule has 0 aliphatic rings. The smallest absolute Gasteiger partial charge is 0.188 e. The molecular weight excluding hydrogens is 1840 g/mol. The Bertz CT molecular complexity index is 8040. The van der Waals surface area contributed by atoms with Gasteiger partial charge in [0.1, 0.15) is 5.52 Å². The lowest BCUT2D eigenvalue weighted by Gasteiger charge is -2.26. The van der Waals surface area contributed by atoms with Gasteiger partial charge < -0.3 is 31.2 Å². The largest absolute Gasteiger partial charge is 0.361 e. The van der Waals surface area contributed by atoms with Gasteiger partial charge in [0.25, 0.3) is 0 Å². The lowest BCUT2D eigenvalue weighted by Crippen LogP contribution is -2.16. The summed E-state index contributed by atoms with van der Waals surface area (Å²) in [5, 5.41) is 25.1. The highest BCUT2D eigenvalue weighted by molar-refractivity contribution is 7.23. The summed E-state index contributed by atoms with van der Waals surface area (Å²) in [5.41, 5.74) is 47.2. The zero-order valence-corrected chi connectivity index (χ0v) is 91.6. The van der Waals surface area contributed by atoms with Gasteiger partial charge >= 0.3 is 0 Å². The number of thiazole rings is 5. The molecule has 0 saturated carbocycles. The molecule has 6 heterocycles. The molecule has 11 nitrogen and oxygen atoms in total. The summed E-state index contributed by atoms with van der Waals surface area (Å²) in [7, 11) is 0. The molecule has 6 aromatic heterocycles. The lowest BCUT2D eigenvalue weighted by atomic mass is 9.80. The normalized spacial score (nSPS) is 11.6. The third kappa shape index (κ3) is 22.3. The molecule has 0 bridgehead atoms. The molecule has 0 fully saturated rings. The van der Waals surface area contributed by atoms with Gasteiger partial charge in [-0.15, -0.1) is 0 Å². The lowest BCUT2D eigenvalue weighted by molar-refractivity contribution is 0.569. The summed E-state index contributed by atoms with van der Waals surface area (Å²) < 4.78 is 8.40. The number of para-hydroxylation sites is 10. The van der Waals surface area contributed by atoms with Crippen LogP contribution < -0.4 is 26.6 Å². The number of anilines is 9. The topological polar surface area (TPSA) is 130 Å². The number of nitrogens with one attached hydrogen (secondary N) is 5. The summed E-state index contributed by atoms with van der Waals surface area (Å²) in [5.74, 6) is 0.896. The zero-order chi connectivity index (χ0) is 101. The van der Waals surface area contributed by atoms with Crippen molar-refractivity contribution in [1.29, 1.82) is 0 Å². The van der Waals surface area contributed by atoms with Gasteiger partial charge in [-0.05, 0) is 299 Å². The van der Waals surface area contributed by atoms with Crippen molar-refractivity contribution in [3.8, 4) is 50.2 Å². The number of hydrogen-bond acceptors (Lipinski definition) is 15. The van der Waals surface area contributed by atoms with E-state index in [0.29, 0.717) is 11.8 Å². The fourth-order valence-corrected chi connectivity index (χ4v) is 24.8. The molecule has 0 unspecified atom stereocenters. The predicted octanol–water partition coefficient (Wildman–Crippen LogP) is 38.6. The highest BCUT2D eigenvalue weighted by Crippen LogP contribution is 2.47. The van der Waals surface area contributed by atoms with Gasteiger partial charge in [0.05, 0.1) is 62.3 Å². The molecule has 16 heteroatoms. The summed E-state index contributed by atoms with van der Waals surface area (Å²) in [6, 6.07) is 97.8. The Kier molecular flexibility index (Phi) is 30.4. The number of aryl methyl sites for hydroxylation is 14. The van der Waals surface area contributed by atoms with Gasteiger partial charge in [0.15, 0.2) is 25.7 Å². The van der Waals surface area contributed by atoms with Crippen LogP contribution in [0.15, 0.2) is 273 Å². The van der Waals surface area contributed by atoms with Crippen molar-refractivity contribution < 1.29 is 0 Å². The van der Waals surface area contributed by atoms with Gasteiger partial charge in [-0.3, -0.25) is 0 Å². The van der Waals surface area contributed by atoms with Crippen LogP contribution in [0.3, 0.4) is 0 Å². The molecule has 0 amide bonds. The number of aromatic nitrogens is 6. The molecule has 0 aliphatic carbocycles. The predicted molar refractivity (Wildman–Crippen MR) is 628 cm³/mol. The van der Waals surface area contributed by atoms with E-state index in [9.17, 15) is 0 Å². The van der Waals surface area contributed by atoms with Crippen LogP contribution in [0.1, 0.15) is 201 Å². The molecule has 21 aromatic rings. The number of rotatable bonds is 19. The minimum absolute atomic E-state index is 0.0823. The molecule has 21 rings (SSSR count). The highest BCUT2D eigenvalue weighted by atomic mass is 32.1. The van der Waals surface area contributed by atoms with Gasteiger partial charge in [-0.25, -0.2) is 24.9 Å². The van der Waals surface area contributed by atoms with E-state index < -0.39 is 0 Å². The van der Waals surface area contributed by atoms with Crippen molar-refractivity contribution in [2.45, 2.75) is 209 Å². The van der Waals surface area contributed by atoms with Gasteiger partial charge in [0.2, 0.25) is 0 Å². The molecule has 5 N–H and O–H groups in total. The molecular formula is C127H133N11S5. The Labute approximate surface area is 865 Å². The first kappa shape index (κ1) is 101. The fraction of sp³-hybridized carbons (Fsp3) is 0.252. The first-order valence-electron chi connectivity index (χ1n) is 50.0. The van der Waals surface area contributed by atoms with Gasteiger partial charge in [-0.1, -0.05) is 362 Å². The second-order valence-electron chi connectivity index (χ2n) is 41.1. The second kappa shape index (κ2) is 43.0. The molecule has 0 atom stereocenters. The first-order chi connectivity index (χ1) is 68.5. The van der Waals surface area contributed by atoms with Crippen LogP contribution in [0.4, 0.5) is 48.4 Å². The summed E-state index contributed by atoms with van der Waals surface area (Å²) in [6.45, 7) is 56.3. The number of nitrogens with zero attached hydrogens (tertiary/aromatic N) is 6. The van der Waals surface area contributed by atoms with Gasteiger partial charge in [-0.2, -0.15) is 0 Å². The molecule has 0 radical (unpaired) electrons. The third-order valence-electron chi connectivity index (χ3n) is 26.7. The van der Waals surface area contributed by atoms with E-state index in [1.807, 2.05) is 18.2 Å². The van der Waals surface area contributed by atoms with E-state index in [1.165, 1.54) is 202 Å². The molecule has 143 heavy (non-hydrogen) atoms. The average molecular weight is 1970 g/mol. The summed E-state index contributed by atoms with van der Waals surface area (Å²) in [4.78, 5) is 25.0. The molecule has 0 spiro atoms. The highest BCUT2D eigenvalue weighted by Gasteiger charge is 2.26. The van der Waals surface area contributed by atoms with Crippen molar-refractivity contribution in [2.75, 3.05) is 33.1 Å². The maximum absolute atomic E-state index is 5.10. The van der Waals surface area contributed by atoms with Crippen LogP contribution in [0.5, 0.6) is 0 Å². The number of fused-ring (bicyclic) bond motifs is 8. The van der Waals surface area contributed by atoms with Crippen LogP contribution >= 0.6 is 56.7 Å². The van der Waals surface area contributed by atoms with Crippen LogP contribution in [-0.4, -0.2) is 36.0 Å². The van der Waals surface area contributed by atoms with Crippen molar-refractivity contribution in [2.24, 2.45) is 0 Å². The van der Waals surface area contributed by atoms with Crippen molar-refractivity contribution in [1.82, 2.24) is 29.5 Å². The molecule has 0 aliphatic heterocycles. The minimum Gasteiger partial charge on any atom is -0.361 e. The molecule has 0 saturated heterocycles. The number of unbranched alkanes of at least 4 members (excludes halogenated alkanes) is 1. The standard InChI is InChI=1S/C30H36N2S.C28H32N2S.C24H24N2S.C23H21N3S.C22H20N2S/c1-18-13-19(2)26(20(3)14-18)24-11-10-12-25-27(24)32-28(33-25)31-23-16-21(29(4,5)6)15-22(17-23)30(7,8)9;1-16(2)21-10-8-11-22(17(3)4)26(21)29-28-30-27-23(12-9-13-24(27)31-28)25-19(6)14-18(5)15-20(25)7;1-14-12-17(4)21(18(5)13-14)19-10-7-11-20-23(19)26-24(27-20)25-22-15(2)8-6-9-16(22)3;1-2-3-15-24-23-25-22-20(13-8-14-21(22)27-23)26-18-11-6-4-9-16(18)17-10-5-7-12-19(17)26;1-14-12-15(2)20(16(3)13-14)18-10-7-11-19-21(18)24-22(25-19)23-17-8-5-4-6-9-17/h10-17H,1-9H3,(H,31,32);8-17H,1-7H3,(H,29,30);6-13H,1-5H3,(H,25,26);4-14H,2-3,15H2,1H3,(H,24,25);4-13H,1-3H3,(H,23,24). The Morgan fingerprint density at radius 2 is 0.594 bits per heavy atom. The second-order valence-corrected chi connectivity index (χ2v) is 46.3. The molecule has 726 valence electrons. The number of hydrogen-bond donors (Lipinski definition) is 5. The Hall–Kier alpha value is -13.5. The van der Waals surface area contributed by atoms with Crippen molar-refractivity contribution in [3.63, 3.8) is 0 Å². The zero-order valence-electron chi connectivity index (χ0n) is 87.5. The SMILES string of the molecule is CCCCNc1nc2c(-n3c4ccccc4c4ccccc43)cccc2s1.Cc1cc(C)c(-c2cccc3sc(Nc4c(C(C)C)cccc4C(C)C)nc23)c(C)c1.Cc1cc(C)c(-c2cccc3sc(Nc4c(C)cccc4C)nc23)c(C)c1.Cc1cc(C)c(-c2cccc3sc(Nc4cc(C(C)(C)C)cc(C(C)(C)C)c4)nc23)c(C)c1.Cc1cc(C)c(-c2cccc3sc(Nc4ccccc4)nc23)c(C)c1. The summed E-state index contributed by atoms with van der Waals surface area (Å²) >= 11 is 8.59. The monoisotopic (exact) mass is 1970 g/mol. The van der Waals surface area contributed by atoms with E-state index in [2.05, 4.69) is 459 Å². The quantitative estimate of drug-likeness (QED) is 0.0499. The Morgan fingerprint density at radius 3 is 0.958 bits per heavy atom. The maximum atomic E-state index is 5.10. The third-order valence-corrected chi connectivity index (χ3v) is 31.5. The average Bonchev–Trinajstić information content (AvgIpc) is 1.59. The number of benzene rings is 15. The maximum Gasteiger partial charge on any atom is 0.188 e. The van der Waals surface area contributed by atoms with E-state index in [-0.39, 0.29) is 10.8 Å². The summed E-state index contributed by atoms with van der Waals surface area (Å²) in [6.07, 6.45) is 2.35. The molecule has 15 aromatic carbocycles. The Morgan fingerprint density at radius 1 is 0.287 bits per heavy atom. The van der Waals surface area contributed by atoms with E-state index in [1.54, 1.807) is 56.7 Å². The van der Waals surface area contributed by atoms with Crippen molar-refractivity contribution >= 4 is 178 Å². The van der Waals surface area contributed by atoms with Crippen LogP contribution in [0.2, 0.25) is 0 Å².